The predicted molar refractivity (Wildman–Crippen MR) is 70.7 cm³/mol. The van der Waals surface area contributed by atoms with E-state index in [0.29, 0.717) is 0 Å². The first-order valence-electron chi connectivity index (χ1n) is 5.90. The molecule has 0 radical (unpaired) electrons. The molecule has 0 bridgehead atoms. The van der Waals surface area contributed by atoms with Gasteiger partial charge in [0.25, 0.3) is 0 Å². The van der Waals surface area contributed by atoms with Gasteiger partial charge in [-0.05, 0) is 27.7 Å². The molecule has 0 heterocycles. The van der Waals surface area contributed by atoms with Crippen LogP contribution in [0.15, 0.2) is 36.4 Å². The summed E-state index contributed by atoms with van der Waals surface area (Å²) in [5.74, 6) is 0.329. The third kappa shape index (κ3) is 5.20. The Morgan fingerprint density at radius 2 is 0.789 bits per heavy atom. The van der Waals surface area contributed by atoms with Crippen LogP contribution in [0.4, 0.5) is 0 Å². The molecule has 0 amide bonds. The number of aryl methyl sites for hydroxylation is 4. The molecule has 3 heteroatoms. The average molecular weight is 334 g/mol. The van der Waals surface area contributed by atoms with Crippen LogP contribution in [0.3, 0.4) is 0 Å². The molecule has 0 fully saturated rings. The fourth-order valence-corrected chi connectivity index (χ4v) is 1.60. The van der Waals surface area contributed by atoms with E-state index in [1.165, 1.54) is 0 Å². The van der Waals surface area contributed by atoms with Crippen molar-refractivity contribution in [2.45, 2.75) is 27.7 Å². The summed E-state index contributed by atoms with van der Waals surface area (Å²) >= 11 is 0. The van der Waals surface area contributed by atoms with Crippen molar-refractivity contribution < 1.29 is 36.4 Å². The molecule has 0 aliphatic carbocycles. The Morgan fingerprint density at radius 1 is 0.579 bits per heavy atom. The Bertz CT molecular complexity index is 446. The fraction of sp³-hybridized carbons (Fsp3) is 0.250. The van der Waals surface area contributed by atoms with E-state index < -0.39 is 0 Å². The molecule has 2 aromatic carbocycles. The molecule has 2 rings (SSSR count). The first-order valence-corrected chi connectivity index (χ1v) is 5.90. The second kappa shape index (κ2) is 8.17. The van der Waals surface area contributed by atoms with E-state index in [-0.39, 0.29) is 37.7 Å². The molecular formula is C16H18O2Zr. The van der Waals surface area contributed by atoms with Gasteiger partial charge in [0.05, 0.1) is 0 Å². The van der Waals surface area contributed by atoms with E-state index in [9.17, 15) is 10.2 Å². The summed E-state index contributed by atoms with van der Waals surface area (Å²) < 4.78 is 0. The van der Waals surface area contributed by atoms with E-state index in [2.05, 4.69) is 0 Å². The molecule has 0 saturated carbocycles. The van der Waals surface area contributed by atoms with Crippen LogP contribution in [0.25, 0.3) is 0 Å². The zero-order chi connectivity index (χ0) is 13.7. The van der Waals surface area contributed by atoms with Crippen LogP contribution < -0.4 is 10.2 Å². The third-order valence-corrected chi connectivity index (χ3v) is 2.82. The van der Waals surface area contributed by atoms with Gasteiger partial charge in [0.2, 0.25) is 0 Å². The van der Waals surface area contributed by atoms with Crippen molar-refractivity contribution in [1.82, 2.24) is 0 Å². The van der Waals surface area contributed by atoms with Crippen molar-refractivity contribution in [2.75, 3.05) is 0 Å². The second-order valence-corrected chi connectivity index (χ2v) is 4.44. The monoisotopic (exact) mass is 332 g/mol. The Morgan fingerprint density at radius 3 is 0.947 bits per heavy atom. The smallest absolute Gasteiger partial charge is 0.872 e. The summed E-state index contributed by atoms with van der Waals surface area (Å²) in [5.41, 5.74) is 3.31. The van der Waals surface area contributed by atoms with Gasteiger partial charge in [-0.15, -0.1) is 11.5 Å². The molecule has 0 saturated heterocycles. The van der Waals surface area contributed by atoms with Crippen molar-refractivity contribution in [3.63, 3.8) is 0 Å². The van der Waals surface area contributed by atoms with Crippen LogP contribution in [0, 0.1) is 27.7 Å². The number of hydrogen-bond donors (Lipinski definition) is 0. The van der Waals surface area contributed by atoms with Gasteiger partial charge in [0.15, 0.2) is 0 Å². The fourth-order valence-electron chi connectivity index (χ4n) is 1.60. The molecular weight excluding hydrogens is 315 g/mol. The van der Waals surface area contributed by atoms with Crippen molar-refractivity contribution in [1.29, 1.82) is 0 Å². The molecule has 0 aliphatic heterocycles. The van der Waals surface area contributed by atoms with Gasteiger partial charge < -0.3 is 10.2 Å². The minimum absolute atomic E-state index is 0. The van der Waals surface area contributed by atoms with Crippen LogP contribution in [0.1, 0.15) is 22.3 Å². The second-order valence-electron chi connectivity index (χ2n) is 4.44. The maximum atomic E-state index is 11.0. The molecule has 98 valence electrons. The van der Waals surface area contributed by atoms with Gasteiger partial charge in [-0.1, -0.05) is 58.7 Å². The van der Waals surface area contributed by atoms with Crippen LogP contribution in [-0.4, -0.2) is 0 Å². The van der Waals surface area contributed by atoms with Gasteiger partial charge in [-0.2, -0.15) is 0 Å². The number of para-hydroxylation sites is 2. The maximum Gasteiger partial charge on any atom is 2.00 e. The van der Waals surface area contributed by atoms with E-state index in [1.54, 1.807) is 0 Å². The van der Waals surface area contributed by atoms with Gasteiger partial charge in [0, 0.05) is 0 Å². The summed E-state index contributed by atoms with van der Waals surface area (Å²) in [7, 11) is 0. The Hall–Kier alpha value is -1.08. The summed E-state index contributed by atoms with van der Waals surface area (Å²) in [4.78, 5) is 0. The maximum absolute atomic E-state index is 11.0. The first-order chi connectivity index (χ1) is 8.43. The average Bonchev–Trinajstić information content (AvgIpc) is 2.34. The SMILES string of the molecule is Cc1cccc(C)c1[O-].Cc1cccc(C)c1[O-].[Zr+2]. The third-order valence-electron chi connectivity index (χ3n) is 2.82. The number of benzene rings is 2. The molecule has 2 nitrogen and oxygen atoms in total. The van der Waals surface area contributed by atoms with Crippen molar-refractivity contribution in [3.8, 4) is 11.5 Å². The van der Waals surface area contributed by atoms with E-state index in [4.69, 9.17) is 0 Å². The van der Waals surface area contributed by atoms with Crippen molar-refractivity contribution in [2.24, 2.45) is 0 Å². The zero-order valence-electron chi connectivity index (χ0n) is 11.8. The standard InChI is InChI=1S/2C8H10O.Zr/c2*1-6-4-3-5-7(2)8(6)9;/h2*3-5,9H,1-2H3;/q;;+2/p-2. The van der Waals surface area contributed by atoms with Gasteiger partial charge in [0.1, 0.15) is 0 Å². The summed E-state index contributed by atoms with van der Waals surface area (Å²) in [6.07, 6.45) is 0. The number of rotatable bonds is 0. The van der Waals surface area contributed by atoms with Gasteiger partial charge in [-0.3, -0.25) is 0 Å². The zero-order valence-corrected chi connectivity index (χ0v) is 14.2. The normalized spacial score (nSPS) is 9.05. The largest absolute Gasteiger partial charge is 2.00 e. The van der Waals surface area contributed by atoms with Crippen LogP contribution in [0.2, 0.25) is 0 Å². The molecule has 0 unspecified atom stereocenters. The molecule has 0 aliphatic rings. The van der Waals surface area contributed by atoms with E-state index in [0.717, 1.165) is 22.3 Å². The topological polar surface area (TPSA) is 46.1 Å². The van der Waals surface area contributed by atoms with Crippen LogP contribution in [0.5, 0.6) is 11.5 Å². The van der Waals surface area contributed by atoms with E-state index >= 15 is 0 Å². The molecule has 19 heavy (non-hydrogen) atoms. The molecule has 0 spiro atoms. The van der Waals surface area contributed by atoms with Crippen molar-refractivity contribution >= 4 is 0 Å². The summed E-state index contributed by atoms with van der Waals surface area (Å²) in [5, 5.41) is 21.9. The van der Waals surface area contributed by atoms with Crippen LogP contribution >= 0.6 is 0 Å². The van der Waals surface area contributed by atoms with E-state index in [1.807, 2.05) is 64.1 Å². The molecule has 2 aromatic rings. The molecule has 0 aromatic heterocycles. The van der Waals surface area contributed by atoms with Crippen LogP contribution in [-0.2, 0) is 26.2 Å². The first kappa shape index (κ1) is 17.9. The minimum atomic E-state index is 0. The Kier molecular flexibility index (Phi) is 7.70. The van der Waals surface area contributed by atoms with Crippen molar-refractivity contribution in [3.05, 3.63) is 58.7 Å². The number of hydrogen-bond acceptors (Lipinski definition) is 2. The molecule has 0 atom stereocenters. The minimum Gasteiger partial charge on any atom is -0.872 e. The molecule has 0 N–H and O–H groups in total. The summed E-state index contributed by atoms with van der Waals surface area (Å²) in [6, 6.07) is 11.1. The van der Waals surface area contributed by atoms with Gasteiger partial charge in [-0.25, -0.2) is 0 Å². The Balaban J connectivity index is 0.000000324. The summed E-state index contributed by atoms with van der Waals surface area (Å²) in [6.45, 7) is 7.31. The Labute approximate surface area is 134 Å². The quantitative estimate of drug-likeness (QED) is 0.744. The van der Waals surface area contributed by atoms with Gasteiger partial charge >= 0.3 is 26.2 Å². The predicted octanol–water partition coefficient (Wildman–Crippen LogP) is 2.75.